The van der Waals surface area contributed by atoms with Crippen LogP contribution in [0.5, 0.6) is 0 Å². The van der Waals surface area contributed by atoms with Gasteiger partial charge < -0.3 is 30.0 Å². The molecular weight excluding hydrogens is 583 g/mol. The van der Waals surface area contributed by atoms with Gasteiger partial charge in [-0.25, -0.2) is 15.0 Å². The number of rotatable bonds is 11. The molecule has 2 aliphatic rings. The fourth-order valence-electron chi connectivity index (χ4n) is 6.22. The Morgan fingerprint density at radius 2 is 1.95 bits per heavy atom. The first-order valence-corrected chi connectivity index (χ1v) is 15.3. The van der Waals surface area contributed by atoms with Crippen LogP contribution in [0.15, 0.2) is 30.7 Å². The van der Waals surface area contributed by atoms with E-state index in [1.165, 1.54) is 6.07 Å². The van der Waals surface area contributed by atoms with E-state index in [1.54, 1.807) is 6.33 Å². The SMILES string of the molecule is CC(C)N(CCCCc1nc2cc(Cl)c(C(F)(F)F)cc2[nH]1)C[C@H]1C[C@@H](n2ccc3c(NC4CC4)ncnc32)C(O)C1O. The second-order valence-corrected chi connectivity index (χ2v) is 12.6. The Hall–Kier alpha value is -2.93. The number of anilines is 1. The molecule has 2 unspecified atom stereocenters. The monoisotopic (exact) mass is 619 g/mol. The zero-order valence-electron chi connectivity index (χ0n) is 24.2. The van der Waals surface area contributed by atoms with Crippen LogP contribution in [-0.2, 0) is 12.6 Å². The van der Waals surface area contributed by atoms with Crippen molar-refractivity contribution in [2.24, 2.45) is 5.92 Å². The number of aromatic nitrogens is 5. The molecule has 3 aromatic heterocycles. The Kier molecular flexibility index (Phi) is 8.31. The van der Waals surface area contributed by atoms with Crippen molar-refractivity contribution >= 4 is 39.5 Å². The number of nitrogens with one attached hydrogen (secondary N) is 2. The fourth-order valence-corrected chi connectivity index (χ4v) is 6.48. The standard InChI is InChI=1S/C30H37ClF3N7O2/c1-16(2)40(9-4-3-5-25-38-22-12-20(30(32,33)34)21(31)13-23(22)39-25)14-17-11-24(27(43)26(17)42)41-10-8-19-28(37-18-6-7-18)35-15-36-29(19)41/h8,10,12-13,15-18,24,26-27,42-43H,3-7,9,11,14H2,1-2H3,(H,38,39)(H,35,36,37)/t17-,24-,26?,27?/m1/s1. The van der Waals surface area contributed by atoms with E-state index in [-0.39, 0.29) is 23.0 Å². The van der Waals surface area contributed by atoms with E-state index >= 15 is 0 Å². The lowest BCUT2D eigenvalue weighted by Crippen LogP contribution is -2.40. The first-order valence-electron chi connectivity index (χ1n) is 14.9. The predicted molar refractivity (Wildman–Crippen MR) is 159 cm³/mol. The van der Waals surface area contributed by atoms with Gasteiger partial charge in [0, 0.05) is 37.2 Å². The number of benzene rings is 1. The van der Waals surface area contributed by atoms with Crippen molar-refractivity contribution in [1.82, 2.24) is 29.4 Å². The van der Waals surface area contributed by atoms with Crippen LogP contribution >= 0.6 is 11.6 Å². The molecule has 4 N–H and O–H groups in total. The van der Waals surface area contributed by atoms with Crippen molar-refractivity contribution in [3.05, 3.63) is 47.1 Å². The molecular formula is C30H37ClF3N7O2. The average Bonchev–Trinajstić information content (AvgIpc) is 3.40. The minimum atomic E-state index is -4.53. The van der Waals surface area contributed by atoms with Gasteiger partial charge in [-0.15, -0.1) is 0 Å². The van der Waals surface area contributed by atoms with Gasteiger partial charge in [0.25, 0.3) is 0 Å². The number of aryl methyl sites for hydroxylation is 1. The lowest BCUT2D eigenvalue weighted by Gasteiger charge is -2.30. The first kappa shape index (κ1) is 30.1. The van der Waals surface area contributed by atoms with E-state index in [9.17, 15) is 23.4 Å². The maximum absolute atomic E-state index is 13.2. The number of halogens is 4. The maximum Gasteiger partial charge on any atom is 0.417 e. The lowest BCUT2D eigenvalue weighted by molar-refractivity contribution is -0.137. The van der Waals surface area contributed by atoms with Crippen LogP contribution in [0.2, 0.25) is 5.02 Å². The van der Waals surface area contributed by atoms with Gasteiger partial charge in [-0.3, -0.25) is 0 Å². The minimum absolute atomic E-state index is 0.117. The number of aliphatic hydroxyl groups is 2. The fraction of sp³-hybridized carbons (Fsp3) is 0.567. The van der Waals surface area contributed by atoms with Gasteiger partial charge in [0.1, 0.15) is 29.7 Å². The largest absolute Gasteiger partial charge is 0.417 e. The highest BCUT2D eigenvalue weighted by atomic mass is 35.5. The highest BCUT2D eigenvalue weighted by Gasteiger charge is 2.43. The molecule has 0 saturated heterocycles. The molecule has 1 aromatic carbocycles. The maximum atomic E-state index is 13.2. The topological polar surface area (TPSA) is 115 Å². The molecule has 43 heavy (non-hydrogen) atoms. The number of hydrogen-bond acceptors (Lipinski definition) is 7. The van der Waals surface area contributed by atoms with E-state index in [0.29, 0.717) is 42.3 Å². The summed E-state index contributed by atoms with van der Waals surface area (Å²) in [6, 6.07) is 4.62. The highest BCUT2D eigenvalue weighted by molar-refractivity contribution is 6.32. The number of aliphatic hydroxyl groups excluding tert-OH is 2. The van der Waals surface area contributed by atoms with E-state index < -0.39 is 23.9 Å². The number of hydrogen-bond donors (Lipinski definition) is 4. The molecule has 2 saturated carbocycles. The Morgan fingerprint density at radius 3 is 2.67 bits per heavy atom. The molecule has 3 heterocycles. The van der Waals surface area contributed by atoms with Crippen molar-refractivity contribution < 1.29 is 23.4 Å². The van der Waals surface area contributed by atoms with Crippen LogP contribution in [0.25, 0.3) is 22.1 Å². The molecule has 4 atom stereocenters. The van der Waals surface area contributed by atoms with Crippen molar-refractivity contribution in [2.45, 2.75) is 88.9 Å². The summed E-state index contributed by atoms with van der Waals surface area (Å²) in [5, 5.41) is 26.1. The van der Waals surface area contributed by atoms with E-state index in [4.69, 9.17) is 11.6 Å². The molecule has 4 aromatic rings. The van der Waals surface area contributed by atoms with Gasteiger partial charge in [0.15, 0.2) is 0 Å². The van der Waals surface area contributed by atoms with Crippen LogP contribution in [0, 0.1) is 5.92 Å². The second kappa shape index (κ2) is 11.9. The quantitative estimate of drug-likeness (QED) is 0.162. The molecule has 13 heteroatoms. The number of nitrogens with zero attached hydrogens (tertiary/aromatic N) is 5. The summed E-state index contributed by atoms with van der Waals surface area (Å²) in [7, 11) is 0. The minimum Gasteiger partial charge on any atom is -0.390 e. The van der Waals surface area contributed by atoms with Crippen LogP contribution in [0.4, 0.5) is 19.0 Å². The van der Waals surface area contributed by atoms with Gasteiger partial charge in [0.05, 0.1) is 39.2 Å². The van der Waals surface area contributed by atoms with Crippen molar-refractivity contribution in [3.63, 3.8) is 0 Å². The summed E-state index contributed by atoms with van der Waals surface area (Å²) >= 11 is 5.84. The molecule has 0 amide bonds. The second-order valence-electron chi connectivity index (χ2n) is 12.2. The van der Waals surface area contributed by atoms with Crippen LogP contribution < -0.4 is 5.32 Å². The molecule has 0 bridgehead atoms. The van der Waals surface area contributed by atoms with Crippen molar-refractivity contribution in [1.29, 1.82) is 0 Å². The zero-order valence-corrected chi connectivity index (χ0v) is 24.9. The summed E-state index contributed by atoms with van der Waals surface area (Å²) in [4.78, 5) is 18.7. The molecule has 232 valence electrons. The van der Waals surface area contributed by atoms with E-state index in [2.05, 4.69) is 44.0 Å². The summed E-state index contributed by atoms with van der Waals surface area (Å²) in [6.45, 7) is 5.64. The molecule has 9 nitrogen and oxygen atoms in total. The normalized spacial score (nSPS) is 22.9. The Bertz CT molecular complexity index is 1590. The third-order valence-corrected chi connectivity index (χ3v) is 9.10. The number of imidazole rings is 1. The number of aromatic amines is 1. The van der Waals surface area contributed by atoms with Crippen molar-refractivity contribution in [2.75, 3.05) is 18.4 Å². The summed E-state index contributed by atoms with van der Waals surface area (Å²) < 4.78 is 41.6. The molecule has 2 aliphatic carbocycles. The summed E-state index contributed by atoms with van der Waals surface area (Å²) in [5.74, 6) is 1.31. The number of alkyl halides is 3. The Labute approximate surface area is 252 Å². The first-order chi connectivity index (χ1) is 20.5. The molecule has 6 rings (SSSR count). The predicted octanol–water partition coefficient (Wildman–Crippen LogP) is 5.57. The van der Waals surface area contributed by atoms with Crippen LogP contribution in [-0.4, -0.2) is 77.0 Å². The van der Waals surface area contributed by atoms with Gasteiger partial charge in [0.2, 0.25) is 0 Å². The zero-order chi connectivity index (χ0) is 30.5. The van der Waals surface area contributed by atoms with Gasteiger partial charge in [-0.2, -0.15) is 13.2 Å². The number of H-pyrrole nitrogens is 1. The lowest BCUT2D eigenvalue weighted by atomic mass is 10.0. The summed E-state index contributed by atoms with van der Waals surface area (Å²) in [5.41, 5.74) is 0.603. The van der Waals surface area contributed by atoms with Gasteiger partial charge in [-0.1, -0.05) is 11.6 Å². The van der Waals surface area contributed by atoms with Crippen molar-refractivity contribution in [3.8, 4) is 0 Å². The number of unbranched alkanes of at least 4 members (excludes halogenated alkanes) is 1. The molecule has 0 aliphatic heterocycles. The summed E-state index contributed by atoms with van der Waals surface area (Å²) in [6.07, 6.45) is 2.27. The van der Waals surface area contributed by atoms with E-state index in [0.717, 1.165) is 55.1 Å². The molecule has 0 radical (unpaired) electrons. The highest BCUT2D eigenvalue weighted by Crippen LogP contribution is 2.39. The molecule has 0 spiro atoms. The van der Waals surface area contributed by atoms with Gasteiger partial charge in [-0.05, 0) is 70.7 Å². The van der Waals surface area contributed by atoms with E-state index in [1.807, 2.05) is 16.8 Å². The van der Waals surface area contributed by atoms with Gasteiger partial charge >= 0.3 is 6.18 Å². The third kappa shape index (κ3) is 6.33. The third-order valence-electron chi connectivity index (χ3n) is 8.79. The molecule has 2 fully saturated rings. The van der Waals surface area contributed by atoms with Crippen LogP contribution in [0.1, 0.15) is 63.4 Å². The number of fused-ring (bicyclic) bond motifs is 2. The average molecular weight is 620 g/mol. The Balaban J connectivity index is 1.06. The smallest absolute Gasteiger partial charge is 0.390 e. The Morgan fingerprint density at radius 1 is 1.16 bits per heavy atom. The van der Waals surface area contributed by atoms with Crippen LogP contribution in [0.3, 0.4) is 0 Å².